The van der Waals surface area contributed by atoms with Crippen molar-refractivity contribution < 1.29 is 14.4 Å². The molecule has 3 saturated carbocycles. The molecule has 4 fully saturated rings. The Hall–Kier alpha value is -2.09. The Labute approximate surface area is 267 Å². The topological polar surface area (TPSA) is 108 Å². The number of rotatable bonds is 8. The molecule has 7 atom stereocenters. The summed E-state index contributed by atoms with van der Waals surface area (Å²) in [6.45, 7) is 29.1. The molecule has 1 heterocycles. The molecule has 0 bridgehead atoms. The van der Waals surface area contributed by atoms with E-state index in [1.165, 1.54) is 4.90 Å². The number of imide groups is 2. The summed E-state index contributed by atoms with van der Waals surface area (Å²) >= 11 is 0. The van der Waals surface area contributed by atoms with Gasteiger partial charge in [0.2, 0.25) is 11.8 Å². The van der Waals surface area contributed by atoms with Gasteiger partial charge < -0.3 is 15.7 Å². The number of carbonyl (C=O) groups is 3. The van der Waals surface area contributed by atoms with Crippen LogP contribution < -0.4 is 5.73 Å². The molecule has 3 aliphatic carbocycles. The third-order valence-corrected chi connectivity index (χ3v) is 11.4. The van der Waals surface area contributed by atoms with Crippen molar-refractivity contribution in [3.8, 4) is 0 Å². The van der Waals surface area contributed by atoms with Gasteiger partial charge in [-0.25, -0.2) is 4.79 Å². The second-order valence-electron chi connectivity index (χ2n) is 18.9. The van der Waals surface area contributed by atoms with Gasteiger partial charge in [0, 0.05) is 25.2 Å². The fraction of sp³-hybridized carbons (Fsp3) is 0.861. The first-order valence-electron chi connectivity index (χ1n) is 16.9. The van der Waals surface area contributed by atoms with E-state index in [0.717, 1.165) is 25.7 Å². The van der Waals surface area contributed by atoms with Gasteiger partial charge in [-0.1, -0.05) is 62.3 Å². The zero-order valence-corrected chi connectivity index (χ0v) is 29.3. The number of amides is 4. The van der Waals surface area contributed by atoms with Gasteiger partial charge in [0.25, 0.3) is 0 Å². The molecule has 0 aromatic heterocycles. The number of urea groups is 1. The molecule has 2 N–H and O–H groups in total. The van der Waals surface area contributed by atoms with E-state index in [4.69, 9.17) is 5.73 Å². The molecule has 1 saturated heterocycles. The monoisotopic (exact) mass is 611 g/mol. The van der Waals surface area contributed by atoms with Crippen molar-refractivity contribution in [2.45, 2.75) is 132 Å². The van der Waals surface area contributed by atoms with Gasteiger partial charge in [0.1, 0.15) is 5.92 Å². The fourth-order valence-electron chi connectivity index (χ4n) is 11.2. The Morgan fingerprint density at radius 2 is 1.02 bits per heavy atom. The average molecular weight is 612 g/mol. The maximum absolute atomic E-state index is 14.8. The van der Waals surface area contributed by atoms with E-state index in [9.17, 15) is 14.4 Å². The second kappa shape index (κ2) is 11.6. The number of nitrogens with two attached hydrogens (primary N) is 1. The van der Waals surface area contributed by atoms with Crippen LogP contribution >= 0.6 is 0 Å². The number of hydrogen-bond acceptors (Lipinski definition) is 6. The number of hydrogen-bond donors (Lipinski definition) is 1. The number of aliphatic imine (C=N–C) groups is 2. The van der Waals surface area contributed by atoms with Crippen molar-refractivity contribution in [3.05, 3.63) is 0 Å². The molecule has 7 unspecified atom stereocenters. The highest BCUT2D eigenvalue weighted by molar-refractivity contribution is 6.16. The molecule has 248 valence electrons. The lowest BCUT2D eigenvalue weighted by Crippen LogP contribution is -2.68. The summed E-state index contributed by atoms with van der Waals surface area (Å²) in [4.78, 5) is 56.0. The van der Waals surface area contributed by atoms with Crippen molar-refractivity contribution in [3.63, 3.8) is 0 Å². The van der Waals surface area contributed by atoms with E-state index >= 15 is 0 Å². The molecular formula is C36H61N5O3. The van der Waals surface area contributed by atoms with Gasteiger partial charge in [-0.05, 0) is 116 Å². The molecule has 0 spiro atoms. The zero-order valence-electron chi connectivity index (χ0n) is 29.3. The van der Waals surface area contributed by atoms with Crippen molar-refractivity contribution in [2.24, 2.45) is 60.0 Å². The first kappa shape index (κ1) is 34.8. The SMILES string of the molecule is C=NCC1(C)CC(C2C(=O)N(C3CC(C)(C)CC(C)(CN)C3)C(=O)N(C3CC(C)(C)CC(C)(CN=C)C3)C2=O)CC(C)(C)C1. The van der Waals surface area contributed by atoms with Crippen LogP contribution in [0.1, 0.15) is 120 Å². The van der Waals surface area contributed by atoms with Crippen molar-refractivity contribution in [1.82, 2.24) is 9.80 Å². The Balaban J connectivity index is 1.83. The van der Waals surface area contributed by atoms with Crippen molar-refractivity contribution >= 4 is 31.3 Å². The molecule has 0 aromatic rings. The molecule has 44 heavy (non-hydrogen) atoms. The molecular weight excluding hydrogens is 550 g/mol. The number of carbonyl (C=O) groups excluding carboxylic acids is 3. The summed E-state index contributed by atoms with van der Waals surface area (Å²) in [7, 11) is 0. The van der Waals surface area contributed by atoms with Crippen LogP contribution in [-0.4, -0.2) is 72.8 Å². The Morgan fingerprint density at radius 1 is 0.636 bits per heavy atom. The highest BCUT2D eigenvalue weighted by Gasteiger charge is 2.59. The predicted octanol–water partition coefficient (Wildman–Crippen LogP) is 6.76. The van der Waals surface area contributed by atoms with Crippen LogP contribution in [0, 0.1) is 44.3 Å². The first-order valence-corrected chi connectivity index (χ1v) is 16.9. The van der Waals surface area contributed by atoms with Gasteiger partial charge in [0.15, 0.2) is 0 Å². The Morgan fingerprint density at radius 3 is 1.45 bits per heavy atom. The van der Waals surface area contributed by atoms with E-state index < -0.39 is 11.9 Å². The minimum absolute atomic E-state index is 0.0774. The van der Waals surface area contributed by atoms with Crippen LogP contribution in [-0.2, 0) is 9.59 Å². The summed E-state index contributed by atoms with van der Waals surface area (Å²) in [6.07, 6.45) is 7.01. The van der Waals surface area contributed by atoms with Crippen molar-refractivity contribution in [1.29, 1.82) is 0 Å². The highest BCUT2D eigenvalue weighted by atomic mass is 16.2. The molecule has 8 nitrogen and oxygen atoms in total. The van der Waals surface area contributed by atoms with Crippen LogP contribution in [0.25, 0.3) is 0 Å². The first-order chi connectivity index (χ1) is 20.1. The van der Waals surface area contributed by atoms with Crippen LogP contribution in [0.15, 0.2) is 9.98 Å². The molecule has 1 aliphatic heterocycles. The smallest absolute Gasteiger partial charge is 0.330 e. The van der Waals surface area contributed by atoms with E-state index in [-0.39, 0.29) is 62.3 Å². The third kappa shape index (κ3) is 7.00. The standard InChI is InChI=1S/C36H61N5O3/c1-31(2)12-24(13-35(8,19-31)22-38-10)27-28(42)40(25-14-32(3,4)18-34(7,16-25)21-37)30(44)41(29(27)43)26-15-33(5,6)20-36(9,17-26)23-39-11/h24-27H,10-23,37H2,1-9H3. The highest BCUT2D eigenvalue weighted by Crippen LogP contribution is 2.54. The van der Waals surface area contributed by atoms with Crippen LogP contribution in [0.3, 0.4) is 0 Å². The normalized spacial score (nSPS) is 40.5. The molecule has 4 aliphatic rings. The van der Waals surface area contributed by atoms with Gasteiger partial charge >= 0.3 is 6.03 Å². The molecule has 0 aromatic carbocycles. The number of barbiturate groups is 1. The van der Waals surface area contributed by atoms with Gasteiger partial charge in [-0.3, -0.25) is 19.4 Å². The predicted molar refractivity (Wildman–Crippen MR) is 179 cm³/mol. The maximum Gasteiger partial charge on any atom is 0.333 e. The Kier molecular flexibility index (Phi) is 9.18. The van der Waals surface area contributed by atoms with Gasteiger partial charge in [-0.2, -0.15) is 0 Å². The lowest BCUT2D eigenvalue weighted by atomic mass is 9.57. The van der Waals surface area contributed by atoms with Crippen molar-refractivity contribution in [2.75, 3.05) is 19.6 Å². The maximum atomic E-state index is 14.8. The molecule has 4 rings (SSSR count). The van der Waals surface area contributed by atoms with Crippen LogP contribution in [0.5, 0.6) is 0 Å². The summed E-state index contributed by atoms with van der Waals surface area (Å²) in [5.41, 5.74) is 5.49. The van der Waals surface area contributed by atoms with Gasteiger partial charge in [-0.15, -0.1) is 0 Å². The third-order valence-electron chi connectivity index (χ3n) is 11.4. The lowest BCUT2D eigenvalue weighted by Gasteiger charge is -2.55. The summed E-state index contributed by atoms with van der Waals surface area (Å²) in [6, 6.07) is -1.04. The molecule has 8 heteroatoms. The van der Waals surface area contributed by atoms with Gasteiger partial charge in [0.05, 0.1) is 0 Å². The van der Waals surface area contributed by atoms with Crippen LogP contribution in [0.4, 0.5) is 4.79 Å². The minimum Gasteiger partial charge on any atom is -0.330 e. The quantitative estimate of drug-likeness (QED) is 0.242. The largest absolute Gasteiger partial charge is 0.333 e. The summed E-state index contributed by atoms with van der Waals surface area (Å²) < 4.78 is 0. The molecule has 0 radical (unpaired) electrons. The van der Waals surface area contributed by atoms with E-state index in [1.54, 1.807) is 4.90 Å². The Bertz CT molecular complexity index is 1110. The van der Waals surface area contributed by atoms with E-state index in [2.05, 4.69) is 85.7 Å². The van der Waals surface area contributed by atoms with Crippen LogP contribution in [0.2, 0.25) is 0 Å². The summed E-state index contributed by atoms with van der Waals surface area (Å²) in [5.74, 6) is -1.68. The lowest BCUT2D eigenvalue weighted by molar-refractivity contribution is -0.160. The number of nitrogens with zero attached hydrogens (tertiary/aromatic N) is 4. The second-order valence-corrected chi connectivity index (χ2v) is 18.9. The summed E-state index contributed by atoms with van der Waals surface area (Å²) in [5, 5.41) is 0. The minimum atomic E-state index is -0.889. The molecule has 4 amide bonds. The van der Waals surface area contributed by atoms with E-state index in [0.29, 0.717) is 51.7 Å². The zero-order chi connectivity index (χ0) is 33.1. The fourth-order valence-corrected chi connectivity index (χ4v) is 11.2. The average Bonchev–Trinajstić information content (AvgIpc) is 2.80. The van der Waals surface area contributed by atoms with E-state index in [1.807, 2.05) is 0 Å².